The van der Waals surface area contributed by atoms with Gasteiger partial charge >= 0.3 is 0 Å². The normalized spacial score (nSPS) is 14.4. The van der Waals surface area contributed by atoms with Crippen LogP contribution in [0.3, 0.4) is 0 Å². The van der Waals surface area contributed by atoms with E-state index in [1.807, 2.05) is 36.4 Å². The molecule has 0 bridgehead atoms. The predicted octanol–water partition coefficient (Wildman–Crippen LogP) is 4.64. The zero-order valence-corrected chi connectivity index (χ0v) is 24.3. The fraction of sp³-hybridized carbons (Fsp3) is 0.207. The second-order valence-electron chi connectivity index (χ2n) is 10.2. The van der Waals surface area contributed by atoms with Crippen LogP contribution >= 0.6 is 11.3 Å². The molecule has 10 nitrogen and oxygen atoms in total. The summed E-state index contributed by atoms with van der Waals surface area (Å²) in [6, 6.07) is 18.9. The van der Waals surface area contributed by atoms with E-state index < -0.39 is 10.0 Å². The van der Waals surface area contributed by atoms with Crippen molar-refractivity contribution in [2.45, 2.75) is 18.9 Å². The van der Waals surface area contributed by atoms with E-state index in [2.05, 4.69) is 19.9 Å². The number of benzene rings is 3. The Morgan fingerprint density at radius 3 is 2.55 bits per heavy atom. The highest BCUT2D eigenvalue weighted by atomic mass is 32.2. The second kappa shape index (κ2) is 11.2. The summed E-state index contributed by atoms with van der Waals surface area (Å²) in [5, 5.41) is 10.7. The van der Waals surface area contributed by atoms with Crippen LogP contribution in [0.5, 0.6) is 0 Å². The Bertz CT molecular complexity index is 1880. The van der Waals surface area contributed by atoms with E-state index in [0.29, 0.717) is 48.1 Å². The molecule has 42 heavy (non-hydrogen) atoms. The maximum atomic E-state index is 13.6. The van der Waals surface area contributed by atoms with Gasteiger partial charge in [-0.15, -0.1) is 11.3 Å². The van der Waals surface area contributed by atoms with Gasteiger partial charge in [0.25, 0.3) is 5.91 Å². The molecule has 0 radical (unpaired) electrons. The quantitative estimate of drug-likeness (QED) is 0.230. The molecule has 0 spiro atoms. The standard InChI is InChI=1S/C29H28FN7O3S2/c1-42(39,40)35-21-12-14-36(15-13-21)26-5-3-2-4-23(26)32-28(38)24-17-41-29(33-24)37-25-11-10-20(31)16-22(25)27(34-37)18-6-8-19(30)9-7-18/h2-11,16-17,21,35H,12-15,31H2,1H3,(H,32,38). The first-order chi connectivity index (χ1) is 20.1. The number of nitrogen functional groups attached to an aromatic ring is 1. The molecular formula is C29H28FN7O3S2. The number of piperidine rings is 1. The van der Waals surface area contributed by atoms with E-state index in [1.165, 1.54) is 29.7 Å². The summed E-state index contributed by atoms with van der Waals surface area (Å²) >= 11 is 1.28. The molecule has 1 aliphatic heterocycles. The fourth-order valence-electron chi connectivity index (χ4n) is 5.15. The van der Waals surface area contributed by atoms with Crippen molar-refractivity contribution >= 4 is 55.2 Å². The first-order valence-electron chi connectivity index (χ1n) is 13.3. The topological polar surface area (TPSA) is 135 Å². The Labute approximate surface area is 246 Å². The number of para-hydroxylation sites is 2. The van der Waals surface area contributed by atoms with E-state index in [0.717, 1.165) is 22.2 Å². The van der Waals surface area contributed by atoms with Crippen LogP contribution in [0.4, 0.5) is 21.5 Å². The first kappa shape index (κ1) is 27.8. The maximum Gasteiger partial charge on any atom is 0.275 e. The summed E-state index contributed by atoms with van der Waals surface area (Å²) in [6.07, 6.45) is 2.49. The number of carbonyl (C=O) groups is 1. The Hall–Kier alpha value is -4.33. The number of thiazole rings is 1. The lowest BCUT2D eigenvalue weighted by atomic mass is 10.0. The van der Waals surface area contributed by atoms with E-state index in [1.54, 1.807) is 28.3 Å². The van der Waals surface area contributed by atoms with E-state index >= 15 is 0 Å². The van der Waals surface area contributed by atoms with Gasteiger partial charge in [0.1, 0.15) is 17.2 Å². The average molecular weight is 606 g/mol. The van der Waals surface area contributed by atoms with Gasteiger partial charge in [0.15, 0.2) is 0 Å². The summed E-state index contributed by atoms with van der Waals surface area (Å²) < 4.78 is 41.1. The molecule has 216 valence electrons. The largest absolute Gasteiger partial charge is 0.399 e. The van der Waals surface area contributed by atoms with Crippen LogP contribution in [-0.4, -0.2) is 54.5 Å². The predicted molar refractivity (Wildman–Crippen MR) is 164 cm³/mol. The van der Waals surface area contributed by atoms with Crippen molar-refractivity contribution in [1.82, 2.24) is 19.5 Å². The lowest BCUT2D eigenvalue weighted by Crippen LogP contribution is -2.44. The lowest BCUT2D eigenvalue weighted by molar-refractivity contribution is 0.102. The average Bonchev–Trinajstić information content (AvgIpc) is 3.59. The molecule has 6 rings (SSSR count). The summed E-state index contributed by atoms with van der Waals surface area (Å²) in [5.41, 5.74) is 10.5. The van der Waals surface area contributed by atoms with Gasteiger partial charge in [-0.25, -0.2) is 27.2 Å². The summed E-state index contributed by atoms with van der Waals surface area (Å²) in [7, 11) is -3.26. The molecule has 13 heteroatoms. The third-order valence-electron chi connectivity index (χ3n) is 7.10. The van der Waals surface area contributed by atoms with E-state index in [-0.39, 0.29) is 23.5 Å². The molecule has 1 aliphatic rings. The number of amides is 1. The number of halogens is 1. The fourth-order valence-corrected chi connectivity index (χ4v) is 6.76. The Morgan fingerprint density at radius 2 is 1.81 bits per heavy atom. The molecule has 0 unspecified atom stereocenters. The van der Waals surface area contributed by atoms with Crippen molar-refractivity contribution in [1.29, 1.82) is 0 Å². The van der Waals surface area contributed by atoms with E-state index in [9.17, 15) is 17.6 Å². The highest BCUT2D eigenvalue weighted by Crippen LogP contribution is 2.33. The SMILES string of the molecule is CS(=O)(=O)NC1CCN(c2ccccc2NC(=O)c2csc(-n3nc(-c4ccc(F)cc4)c4cc(N)ccc43)n2)CC1. The molecule has 4 N–H and O–H groups in total. The van der Waals surface area contributed by atoms with Crippen LogP contribution in [0.25, 0.3) is 27.3 Å². The molecule has 0 aliphatic carbocycles. The van der Waals surface area contributed by atoms with Crippen LogP contribution in [0.2, 0.25) is 0 Å². The molecule has 1 saturated heterocycles. The number of rotatable bonds is 7. The van der Waals surface area contributed by atoms with E-state index in [4.69, 9.17) is 10.8 Å². The first-order valence-corrected chi connectivity index (χ1v) is 16.0. The van der Waals surface area contributed by atoms with Crippen molar-refractivity contribution < 1.29 is 17.6 Å². The molecule has 0 saturated carbocycles. The minimum absolute atomic E-state index is 0.107. The second-order valence-corrected chi connectivity index (χ2v) is 12.8. The molecule has 0 atom stereocenters. The number of nitrogens with zero attached hydrogens (tertiary/aromatic N) is 4. The summed E-state index contributed by atoms with van der Waals surface area (Å²) in [5.74, 6) is -0.703. The molecule has 1 fully saturated rings. The number of nitrogens with two attached hydrogens (primary N) is 1. The molecule has 3 heterocycles. The Kier molecular flexibility index (Phi) is 7.39. The smallest absolute Gasteiger partial charge is 0.275 e. The monoisotopic (exact) mass is 605 g/mol. The Morgan fingerprint density at radius 1 is 1.07 bits per heavy atom. The van der Waals surface area contributed by atoms with Gasteiger partial charge in [-0.3, -0.25) is 4.79 Å². The van der Waals surface area contributed by atoms with Crippen molar-refractivity contribution in [3.05, 3.63) is 83.6 Å². The Balaban J connectivity index is 1.23. The highest BCUT2D eigenvalue weighted by molar-refractivity contribution is 7.88. The molecule has 2 aromatic heterocycles. The summed E-state index contributed by atoms with van der Waals surface area (Å²) in [4.78, 5) is 20.1. The number of carbonyl (C=O) groups excluding carboxylic acids is 1. The van der Waals surface area contributed by atoms with Crippen molar-refractivity contribution in [2.24, 2.45) is 0 Å². The van der Waals surface area contributed by atoms with Crippen LogP contribution < -0.4 is 20.7 Å². The highest BCUT2D eigenvalue weighted by Gasteiger charge is 2.24. The van der Waals surface area contributed by atoms with Crippen LogP contribution in [0.1, 0.15) is 23.3 Å². The van der Waals surface area contributed by atoms with Crippen molar-refractivity contribution in [3.8, 4) is 16.4 Å². The number of sulfonamides is 1. The molecule has 5 aromatic rings. The lowest BCUT2D eigenvalue weighted by Gasteiger charge is -2.34. The number of hydrogen-bond acceptors (Lipinski definition) is 8. The van der Waals surface area contributed by atoms with Gasteiger partial charge in [0, 0.05) is 41.1 Å². The van der Waals surface area contributed by atoms with Gasteiger partial charge < -0.3 is 16.0 Å². The van der Waals surface area contributed by atoms with Crippen LogP contribution in [-0.2, 0) is 10.0 Å². The molecule has 1 amide bonds. The minimum Gasteiger partial charge on any atom is -0.399 e. The zero-order valence-electron chi connectivity index (χ0n) is 22.6. The van der Waals surface area contributed by atoms with Gasteiger partial charge in [0.2, 0.25) is 15.2 Å². The maximum absolute atomic E-state index is 13.6. The number of anilines is 3. The number of hydrogen-bond donors (Lipinski definition) is 3. The molecule has 3 aromatic carbocycles. The molecular weight excluding hydrogens is 577 g/mol. The van der Waals surface area contributed by atoms with Crippen LogP contribution in [0, 0.1) is 5.82 Å². The third kappa shape index (κ3) is 5.84. The van der Waals surface area contributed by atoms with Gasteiger partial charge in [-0.05, 0) is 67.4 Å². The van der Waals surface area contributed by atoms with Gasteiger partial charge in [0.05, 0.1) is 23.1 Å². The van der Waals surface area contributed by atoms with Crippen LogP contribution in [0.15, 0.2) is 72.1 Å². The minimum atomic E-state index is -3.26. The van der Waals surface area contributed by atoms with Gasteiger partial charge in [-0.1, -0.05) is 12.1 Å². The van der Waals surface area contributed by atoms with Crippen molar-refractivity contribution in [2.75, 3.05) is 35.3 Å². The third-order valence-corrected chi connectivity index (χ3v) is 8.67. The summed E-state index contributed by atoms with van der Waals surface area (Å²) in [6.45, 7) is 1.29. The number of fused-ring (bicyclic) bond motifs is 1. The number of nitrogens with one attached hydrogen (secondary N) is 2. The van der Waals surface area contributed by atoms with Crippen molar-refractivity contribution in [3.63, 3.8) is 0 Å². The van der Waals surface area contributed by atoms with Gasteiger partial charge in [-0.2, -0.15) is 5.10 Å². The zero-order chi connectivity index (χ0) is 29.4. The number of aromatic nitrogens is 3.